The molecule has 1 rings (SSSR count). The summed E-state index contributed by atoms with van der Waals surface area (Å²) in [5, 5.41) is 15.4. The van der Waals surface area contributed by atoms with Crippen LogP contribution in [0.3, 0.4) is 0 Å². The second-order valence-corrected chi connectivity index (χ2v) is 3.06. The molecule has 0 amide bonds. The van der Waals surface area contributed by atoms with Gasteiger partial charge in [-0.3, -0.25) is 4.79 Å². The molecule has 92 valence electrons. The number of hydrogen-bond donors (Lipinski definition) is 1. The largest absolute Gasteiger partial charge is 0.478 e. The number of hydrogen-bond acceptors (Lipinski definition) is 6. The fourth-order valence-corrected chi connectivity index (χ4v) is 0.892. The van der Waals surface area contributed by atoms with Crippen molar-refractivity contribution >= 4 is 18.1 Å². The zero-order valence-corrected chi connectivity index (χ0v) is 9.15. The standard InChI is InChI=1S/C8H10N4O5/c1-5(7(14)15)3-11-8(16)12(10-9-11)4-6(13)17-2/h3H,4H2,1-2H3,(H,14,15)/b5-3+. The summed E-state index contributed by atoms with van der Waals surface area (Å²) in [6, 6.07) is 0. The molecule has 1 heterocycles. The molecular formula is C8H10N4O5. The quantitative estimate of drug-likeness (QED) is 0.507. The Bertz CT molecular complexity index is 526. The molecular weight excluding hydrogens is 232 g/mol. The van der Waals surface area contributed by atoms with Crippen LogP contribution in [0.2, 0.25) is 0 Å². The van der Waals surface area contributed by atoms with E-state index in [-0.39, 0.29) is 12.1 Å². The van der Waals surface area contributed by atoms with E-state index < -0.39 is 17.6 Å². The molecule has 0 unspecified atom stereocenters. The number of carbonyl (C=O) groups is 2. The minimum absolute atomic E-state index is 0.0859. The number of esters is 1. The van der Waals surface area contributed by atoms with Crippen LogP contribution in [-0.2, 0) is 20.9 Å². The molecule has 1 aromatic heterocycles. The molecule has 0 aliphatic heterocycles. The van der Waals surface area contributed by atoms with E-state index in [0.717, 1.165) is 15.6 Å². The summed E-state index contributed by atoms with van der Waals surface area (Å²) < 4.78 is 5.84. The Hall–Kier alpha value is -2.45. The van der Waals surface area contributed by atoms with Crippen LogP contribution in [-0.4, -0.2) is 43.9 Å². The number of aliphatic carboxylic acids is 1. The third-order valence-electron chi connectivity index (χ3n) is 1.82. The molecule has 0 bridgehead atoms. The highest BCUT2D eigenvalue weighted by Gasteiger charge is 2.10. The second-order valence-electron chi connectivity index (χ2n) is 3.06. The van der Waals surface area contributed by atoms with Crippen LogP contribution in [0.1, 0.15) is 6.92 Å². The molecule has 0 saturated heterocycles. The lowest BCUT2D eigenvalue weighted by atomic mass is 10.3. The van der Waals surface area contributed by atoms with Gasteiger partial charge in [-0.1, -0.05) is 0 Å². The van der Waals surface area contributed by atoms with Gasteiger partial charge in [0.05, 0.1) is 12.7 Å². The highest BCUT2D eigenvalue weighted by Crippen LogP contribution is 1.92. The topological polar surface area (TPSA) is 116 Å². The highest BCUT2D eigenvalue weighted by molar-refractivity contribution is 5.89. The summed E-state index contributed by atoms with van der Waals surface area (Å²) in [4.78, 5) is 33.0. The smallest absolute Gasteiger partial charge is 0.368 e. The van der Waals surface area contributed by atoms with Crippen molar-refractivity contribution in [1.29, 1.82) is 0 Å². The summed E-state index contributed by atoms with van der Waals surface area (Å²) in [5.41, 5.74) is -0.812. The van der Waals surface area contributed by atoms with Crippen molar-refractivity contribution in [3.63, 3.8) is 0 Å². The van der Waals surface area contributed by atoms with Gasteiger partial charge >= 0.3 is 17.6 Å². The van der Waals surface area contributed by atoms with Crippen LogP contribution in [0.4, 0.5) is 0 Å². The number of carboxylic acid groups (broad SMARTS) is 1. The van der Waals surface area contributed by atoms with Gasteiger partial charge in [0.15, 0.2) is 0 Å². The maximum Gasteiger partial charge on any atom is 0.368 e. The molecule has 1 N–H and O–H groups in total. The van der Waals surface area contributed by atoms with E-state index >= 15 is 0 Å². The molecule has 17 heavy (non-hydrogen) atoms. The van der Waals surface area contributed by atoms with E-state index in [0.29, 0.717) is 0 Å². The molecule has 0 atom stereocenters. The minimum Gasteiger partial charge on any atom is -0.478 e. The van der Waals surface area contributed by atoms with Gasteiger partial charge in [0.2, 0.25) is 0 Å². The van der Waals surface area contributed by atoms with Crippen LogP contribution in [0.25, 0.3) is 6.20 Å². The predicted molar refractivity (Wildman–Crippen MR) is 53.9 cm³/mol. The first-order valence-electron chi connectivity index (χ1n) is 4.46. The first-order chi connectivity index (χ1) is 7.95. The van der Waals surface area contributed by atoms with Gasteiger partial charge in [-0.05, 0) is 17.4 Å². The van der Waals surface area contributed by atoms with Crippen molar-refractivity contribution in [2.75, 3.05) is 7.11 Å². The van der Waals surface area contributed by atoms with Crippen LogP contribution < -0.4 is 5.69 Å². The Kier molecular flexibility index (Phi) is 3.75. The maximum atomic E-state index is 11.5. The van der Waals surface area contributed by atoms with Gasteiger partial charge in [-0.2, -0.15) is 9.36 Å². The molecule has 0 radical (unpaired) electrons. The maximum absolute atomic E-state index is 11.5. The number of ether oxygens (including phenoxy) is 1. The normalized spacial score (nSPS) is 11.3. The first kappa shape index (κ1) is 12.6. The number of carbonyl (C=O) groups excluding carboxylic acids is 1. The number of nitrogens with zero attached hydrogens (tertiary/aromatic N) is 4. The van der Waals surface area contributed by atoms with Crippen molar-refractivity contribution in [1.82, 2.24) is 19.8 Å². The minimum atomic E-state index is -1.18. The van der Waals surface area contributed by atoms with Gasteiger partial charge in [-0.15, -0.1) is 0 Å². The number of rotatable bonds is 4. The molecule has 9 nitrogen and oxygen atoms in total. The van der Waals surface area contributed by atoms with Crippen molar-refractivity contribution < 1.29 is 19.4 Å². The summed E-state index contributed by atoms with van der Waals surface area (Å²) in [7, 11) is 1.17. The Labute approximate surface area is 94.9 Å². The third kappa shape index (κ3) is 3.00. The Morgan fingerprint density at radius 2 is 2.12 bits per heavy atom. The molecule has 9 heteroatoms. The zero-order chi connectivity index (χ0) is 13.0. The number of aromatic nitrogens is 4. The van der Waals surface area contributed by atoms with Gasteiger partial charge in [0.1, 0.15) is 6.54 Å². The van der Waals surface area contributed by atoms with Gasteiger partial charge in [-0.25, -0.2) is 9.59 Å². The Morgan fingerprint density at radius 3 is 2.65 bits per heavy atom. The van der Waals surface area contributed by atoms with Crippen LogP contribution >= 0.6 is 0 Å². The van der Waals surface area contributed by atoms with Gasteiger partial charge < -0.3 is 9.84 Å². The Morgan fingerprint density at radius 1 is 1.47 bits per heavy atom. The fraction of sp³-hybridized carbons (Fsp3) is 0.375. The van der Waals surface area contributed by atoms with Crippen molar-refractivity contribution in [3.05, 3.63) is 16.1 Å². The van der Waals surface area contributed by atoms with Gasteiger partial charge in [0.25, 0.3) is 0 Å². The highest BCUT2D eigenvalue weighted by atomic mass is 16.5. The average Bonchev–Trinajstić information content (AvgIpc) is 2.61. The molecule has 1 aromatic rings. The molecule has 0 fully saturated rings. The number of tetrazole rings is 1. The van der Waals surface area contributed by atoms with Crippen molar-refractivity contribution in [3.8, 4) is 0 Å². The molecule has 0 aromatic carbocycles. The van der Waals surface area contributed by atoms with E-state index in [1.807, 2.05) is 0 Å². The lowest BCUT2D eigenvalue weighted by molar-refractivity contribution is -0.141. The van der Waals surface area contributed by atoms with Crippen LogP contribution in [0.15, 0.2) is 10.4 Å². The molecule has 0 spiro atoms. The van der Waals surface area contributed by atoms with Crippen LogP contribution in [0, 0.1) is 0 Å². The van der Waals surface area contributed by atoms with Crippen molar-refractivity contribution in [2.24, 2.45) is 0 Å². The van der Waals surface area contributed by atoms with E-state index in [4.69, 9.17) is 5.11 Å². The van der Waals surface area contributed by atoms with E-state index in [1.54, 1.807) is 0 Å². The molecule has 0 saturated carbocycles. The van der Waals surface area contributed by atoms with E-state index in [2.05, 4.69) is 15.2 Å². The van der Waals surface area contributed by atoms with E-state index in [1.165, 1.54) is 14.0 Å². The first-order valence-corrected chi connectivity index (χ1v) is 4.46. The lowest BCUT2D eigenvalue weighted by Gasteiger charge is -1.95. The monoisotopic (exact) mass is 242 g/mol. The Balaban J connectivity index is 3.00. The number of carboxylic acids is 1. The number of methoxy groups -OCH3 is 1. The SMILES string of the molecule is COC(=O)Cn1nnn(/C=C(\C)C(=O)O)c1=O. The van der Waals surface area contributed by atoms with Crippen LogP contribution in [0.5, 0.6) is 0 Å². The lowest BCUT2D eigenvalue weighted by Crippen LogP contribution is -2.26. The summed E-state index contributed by atoms with van der Waals surface area (Å²) in [6.07, 6.45) is 1.01. The molecule has 0 aliphatic carbocycles. The zero-order valence-electron chi connectivity index (χ0n) is 9.15. The van der Waals surface area contributed by atoms with Gasteiger partial charge in [0, 0.05) is 6.20 Å². The third-order valence-corrected chi connectivity index (χ3v) is 1.82. The average molecular weight is 242 g/mol. The predicted octanol–water partition coefficient (Wildman–Crippen LogP) is -1.44. The summed E-state index contributed by atoms with van der Waals surface area (Å²) in [5.74, 6) is -1.84. The molecule has 0 aliphatic rings. The summed E-state index contributed by atoms with van der Waals surface area (Å²) in [6.45, 7) is 0.920. The van der Waals surface area contributed by atoms with Crippen molar-refractivity contribution in [2.45, 2.75) is 13.5 Å². The fourth-order valence-electron chi connectivity index (χ4n) is 0.892. The van der Waals surface area contributed by atoms with E-state index in [9.17, 15) is 14.4 Å². The second kappa shape index (κ2) is 5.05. The summed E-state index contributed by atoms with van der Waals surface area (Å²) >= 11 is 0.